The lowest BCUT2D eigenvalue weighted by molar-refractivity contribution is 0.234. The van der Waals surface area contributed by atoms with E-state index in [0.717, 1.165) is 43.0 Å². The molecule has 24 heavy (non-hydrogen) atoms. The molecule has 136 valence electrons. The molecular weight excluding hydrogens is 296 g/mol. The molecule has 0 amide bonds. The summed E-state index contributed by atoms with van der Waals surface area (Å²) in [4.78, 5) is 0. The van der Waals surface area contributed by atoms with E-state index in [0.29, 0.717) is 0 Å². The molecule has 0 aromatic heterocycles. The molecule has 1 saturated carbocycles. The van der Waals surface area contributed by atoms with Crippen LogP contribution in [0.3, 0.4) is 0 Å². The van der Waals surface area contributed by atoms with Gasteiger partial charge in [-0.2, -0.15) is 0 Å². The molecule has 1 aromatic carbocycles. The van der Waals surface area contributed by atoms with Gasteiger partial charge in [0.25, 0.3) is 0 Å². The topological polar surface area (TPSA) is 18.5 Å². The molecule has 1 aliphatic carbocycles. The molecule has 2 rings (SSSR count). The fraction of sp³-hybridized carbons (Fsp3) is 0.727. The monoisotopic (exact) mass is 332 g/mol. The number of hydrogen-bond donors (Lipinski definition) is 0. The second kappa shape index (κ2) is 11.4. The zero-order valence-electron chi connectivity index (χ0n) is 15.8. The first kappa shape index (κ1) is 19.1. The minimum Gasteiger partial charge on any atom is -0.494 e. The van der Waals surface area contributed by atoms with Gasteiger partial charge in [0, 0.05) is 0 Å². The molecule has 0 atom stereocenters. The van der Waals surface area contributed by atoms with Gasteiger partial charge < -0.3 is 9.47 Å². The maximum atomic E-state index is 5.88. The summed E-state index contributed by atoms with van der Waals surface area (Å²) in [5.74, 6) is 3.85. The quantitative estimate of drug-likeness (QED) is 0.423. The Kier molecular flexibility index (Phi) is 9.09. The molecule has 2 heteroatoms. The van der Waals surface area contributed by atoms with E-state index in [-0.39, 0.29) is 0 Å². The van der Waals surface area contributed by atoms with Crippen molar-refractivity contribution in [3.8, 4) is 11.5 Å². The third kappa shape index (κ3) is 7.15. The molecule has 0 radical (unpaired) electrons. The van der Waals surface area contributed by atoms with Gasteiger partial charge >= 0.3 is 0 Å². The van der Waals surface area contributed by atoms with Crippen LogP contribution in [0.25, 0.3) is 0 Å². The highest BCUT2D eigenvalue weighted by Crippen LogP contribution is 2.33. The zero-order chi connectivity index (χ0) is 17.0. The van der Waals surface area contributed by atoms with Crippen molar-refractivity contribution in [1.29, 1.82) is 0 Å². The van der Waals surface area contributed by atoms with Crippen LogP contribution in [0.5, 0.6) is 11.5 Å². The molecular formula is C22H36O2. The Bertz CT molecular complexity index is 418. The Labute approximate surface area is 148 Å². The lowest BCUT2D eigenvalue weighted by Crippen LogP contribution is -2.14. The predicted octanol–water partition coefficient (Wildman–Crippen LogP) is 6.63. The summed E-state index contributed by atoms with van der Waals surface area (Å²) in [7, 11) is 0. The average molecular weight is 333 g/mol. The highest BCUT2D eigenvalue weighted by molar-refractivity contribution is 5.31. The molecule has 1 fully saturated rings. The van der Waals surface area contributed by atoms with Gasteiger partial charge in [0.1, 0.15) is 11.5 Å². The highest BCUT2D eigenvalue weighted by Gasteiger charge is 2.19. The SMILES string of the molecule is CCCCCOc1ccc(OCCC[C@H]2CC[C@H](CC)CC2)cc1. The lowest BCUT2D eigenvalue weighted by Gasteiger charge is -2.27. The van der Waals surface area contributed by atoms with E-state index in [9.17, 15) is 0 Å². The largest absolute Gasteiger partial charge is 0.494 e. The summed E-state index contributed by atoms with van der Waals surface area (Å²) < 4.78 is 11.6. The van der Waals surface area contributed by atoms with Gasteiger partial charge in [0.15, 0.2) is 0 Å². The van der Waals surface area contributed by atoms with E-state index in [2.05, 4.69) is 13.8 Å². The molecule has 0 aliphatic heterocycles. The van der Waals surface area contributed by atoms with Gasteiger partial charge in [-0.25, -0.2) is 0 Å². The van der Waals surface area contributed by atoms with Crippen LogP contribution >= 0.6 is 0 Å². The lowest BCUT2D eigenvalue weighted by atomic mass is 9.79. The van der Waals surface area contributed by atoms with Crippen molar-refractivity contribution < 1.29 is 9.47 Å². The number of benzene rings is 1. The van der Waals surface area contributed by atoms with E-state index >= 15 is 0 Å². The van der Waals surface area contributed by atoms with E-state index in [1.807, 2.05) is 24.3 Å². The summed E-state index contributed by atoms with van der Waals surface area (Å²) in [5.41, 5.74) is 0. The Morgan fingerprint density at radius 1 is 0.750 bits per heavy atom. The van der Waals surface area contributed by atoms with Gasteiger partial charge in [-0.15, -0.1) is 0 Å². The smallest absolute Gasteiger partial charge is 0.119 e. The first-order valence-corrected chi connectivity index (χ1v) is 10.2. The molecule has 1 aliphatic rings. The van der Waals surface area contributed by atoms with Gasteiger partial charge in [-0.05, 0) is 55.4 Å². The molecule has 0 bridgehead atoms. The van der Waals surface area contributed by atoms with Gasteiger partial charge in [-0.3, -0.25) is 0 Å². The molecule has 0 saturated heterocycles. The maximum Gasteiger partial charge on any atom is 0.119 e. The molecule has 0 N–H and O–H groups in total. The van der Waals surface area contributed by atoms with E-state index in [4.69, 9.17) is 9.47 Å². The first-order chi connectivity index (χ1) is 11.8. The second-order valence-corrected chi connectivity index (χ2v) is 7.31. The van der Waals surface area contributed by atoms with Crippen LogP contribution in [0.4, 0.5) is 0 Å². The summed E-state index contributed by atoms with van der Waals surface area (Å²) in [5, 5.41) is 0. The van der Waals surface area contributed by atoms with Crippen LogP contribution in [-0.2, 0) is 0 Å². The average Bonchev–Trinajstić information content (AvgIpc) is 2.64. The van der Waals surface area contributed by atoms with Crippen molar-refractivity contribution in [2.24, 2.45) is 11.8 Å². The van der Waals surface area contributed by atoms with Crippen molar-refractivity contribution in [1.82, 2.24) is 0 Å². The van der Waals surface area contributed by atoms with E-state index < -0.39 is 0 Å². The summed E-state index contributed by atoms with van der Waals surface area (Å²) in [6.07, 6.45) is 13.2. The van der Waals surface area contributed by atoms with Gasteiger partial charge in [0.2, 0.25) is 0 Å². The number of ether oxygens (including phenoxy) is 2. The fourth-order valence-corrected chi connectivity index (χ4v) is 3.66. The molecule has 0 unspecified atom stereocenters. The molecule has 0 heterocycles. The molecule has 0 spiro atoms. The van der Waals surface area contributed by atoms with Crippen molar-refractivity contribution in [3.05, 3.63) is 24.3 Å². The van der Waals surface area contributed by atoms with Crippen molar-refractivity contribution in [3.63, 3.8) is 0 Å². The fourth-order valence-electron chi connectivity index (χ4n) is 3.66. The Morgan fingerprint density at radius 2 is 1.29 bits per heavy atom. The Morgan fingerprint density at radius 3 is 1.83 bits per heavy atom. The molecule has 1 aromatic rings. The first-order valence-electron chi connectivity index (χ1n) is 10.2. The Hall–Kier alpha value is -1.18. The normalized spacial score (nSPS) is 20.8. The van der Waals surface area contributed by atoms with Gasteiger partial charge in [-0.1, -0.05) is 58.8 Å². The van der Waals surface area contributed by atoms with Crippen molar-refractivity contribution >= 4 is 0 Å². The number of rotatable bonds is 11. The van der Waals surface area contributed by atoms with Crippen LogP contribution < -0.4 is 9.47 Å². The van der Waals surface area contributed by atoms with Crippen LogP contribution in [0.15, 0.2) is 24.3 Å². The highest BCUT2D eigenvalue weighted by atomic mass is 16.5. The summed E-state index contributed by atoms with van der Waals surface area (Å²) in [6, 6.07) is 8.10. The van der Waals surface area contributed by atoms with Gasteiger partial charge in [0.05, 0.1) is 13.2 Å². The van der Waals surface area contributed by atoms with Crippen LogP contribution in [0, 0.1) is 11.8 Å². The number of unbranched alkanes of at least 4 members (excludes halogenated alkanes) is 2. The predicted molar refractivity (Wildman–Crippen MR) is 102 cm³/mol. The van der Waals surface area contributed by atoms with E-state index in [1.54, 1.807) is 0 Å². The minimum absolute atomic E-state index is 0.814. The summed E-state index contributed by atoms with van der Waals surface area (Å²) >= 11 is 0. The van der Waals surface area contributed by atoms with E-state index in [1.165, 1.54) is 57.8 Å². The standard InChI is InChI=1S/C22H36O2/c1-3-5-6-17-23-21-13-15-22(16-14-21)24-18-7-8-20-11-9-19(4-2)10-12-20/h13-16,19-20H,3-12,17-18H2,1-2H3/t19-,20-. The summed E-state index contributed by atoms with van der Waals surface area (Å²) in [6.45, 7) is 6.20. The van der Waals surface area contributed by atoms with Crippen LogP contribution in [0.1, 0.15) is 78.1 Å². The number of hydrogen-bond acceptors (Lipinski definition) is 2. The maximum absolute atomic E-state index is 5.88. The third-order valence-corrected chi connectivity index (χ3v) is 5.41. The zero-order valence-corrected chi connectivity index (χ0v) is 15.8. The van der Waals surface area contributed by atoms with Crippen LogP contribution in [0.2, 0.25) is 0 Å². The van der Waals surface area contributed by atoms with Crippen molar-refractivity contribution in [2.45, 2.75) is 78.1 Å². The molecule has 2 nitrogen and oxygen atoms in total. The Balaban J connectivity index is 1.56. The third-order valence-electron chi connectivity index (χ3n) is 5.41. The second-order valence-electron chi connectivity index (χ2n) is 7.31. The van der Waals surface area contributed by atoms with Crippen molar-refractivity contribution in [2.75, 3.05) is 13.2 Å². The minimum atomic E-state index is 0.814. The van der Waals surface area contributed by atoms with Crippen LogP contribution in [-0.4, -0.2) is 13.2 Å².